The number of hydrogen-bond donors (Lipinski definition) is 0. The van der Waals surface area contributed by atoms with Crippen LogP contribution in [0.5, 0.6) is 17.2 Å². The Kier molecular flexibility index (Phi) is 7.84. The van der Waals surface area contributed by atoms with Gasteiger partial charge in [0, 0.05) is 0 Å². The molecule has 2 aliphatic heterocycles. The fraction of sp³-hybridized carbons (Fsp3) is 0.259. The van der Waals surface area contributed by atoms with Crippen LogP contribution >= 0.6 is 0 Å². The van der Waals surface area contributed by atoms with Crippen LogP contribution in [0.25, 0.3) is 0 Å². The molecule has 0 saturated carbocycles. The van der Waals surface area contributed by atoms with Gasteiger partial charge >= 0.3 is 214 Å². The number of ether oxygens (including phenoxy) is 2. The van der Waals surface area contributed by atoms with E-state index in [4.69, 9.17) is 26.5 Å². The van der Waals surface area contributed by atoms with Gasteiger partial charge in [0.2, 0.25) is 0 Å². The second-order valence-electron chi connectivity index (χ2n) is 8.27. The molecule has 1 saturated heterocycles. The molecule has 3 aromatic rings. The maximum atomic E-state index is 6.21. The number of nitrogens with zero attached hydrogens (tertiary/aromatic N) is 3. The summed E-state index contributed by atoms with van der Waals surface area (Å²) in [4.78, 5) is 11.9. The Morgan fingerprint density at radius 2 is 1.69 bits per heavy atom. The standard InChI is InChI=1S/C27H29N3O4.Ga/c1-20(23-6-2-5-9-26(23)31)29-25-8-4-3-7-24(25)28-19-21-10-11-22(18-27(21)32)34-17-14-30-12-15-33-16-13-30;/h2-11,18-19,31-32H,12-17H2,1H3;/q;+2/p-2. The van der Waals surface area contributed by atoms with E-state index in [0.29, 0.717) is 12.4 Å². The van der Waals surface area contributed by atoms with Gasteiger partial charge in [0.05, 0.1) is 0 Å². The molecule has 0 bridgehead atoms. The van der Waals surface area contributed by atoms with Gasteiger partial charge in [-0.05, 0) is 0 Å². The third-order valence-corrected chi connectivity index (χ3v) is 7.37. The summed E-state index contributed by atoms with van der Waals surface area (Å²) < 4.78 is 23.8. The summed E-state index contributed by atoms with van der Waals surface area (Å²) in [5.41, 5.74) is 4.29. The number of fused-ring (bicyclic) bond motifs is 3. The van der Waals surface area contributed by atoms with Crippen molar-refractivity contribution in [3.8, 4) is 17.2 Å². The molecule has 0 spiro atoms. The summed E-state index contributed by atoms with van der Waals surface area (Å²) in [5, 5.41) is 0. The van der Waals surface area contributed by atoms with Crippen LogP contribution in [0.4, 0.5) is 11.4 Å². The number of aliphatic imine (C=N–C) groups is 2. The first-order chi connectivity index (χ1) is 17.3. The number of morpholine rings is 1. The molecule has 35 heavy (non-hydrogen) atoms. The SMILES string of the molecule is CC1=Nc2ccccc2N=Cc2ccc(OCCN3CCOCC3)cc2[O][Ga][O]c2ccccc21. The summed E-state index contributed by atoms with van der Waals surface area (Å²) in [5.74, 6) is 2.27. The Morgan fingerprint density at radius 3 is 2.57 bits per heavy atom. The van der Waals surface area contributed by atoms with Crippen molar-refractivity contribution >= 4 is 41.4 Å². The van der Waals surface area contributed by atoms with Gasteiger partial charge in [-0.15, -0.1) is 0 Å². The Morgan fingerprint density at radius 1 is 0.914 bits per heavy atom. The van der Waals surface area contributed by atoms with E-state index in [1.54, 1.807) is 0 Å². The molecule has 2 heterocycles. The van der Waals surface area contributed by atoms with Crippen LogP contribution < -0.4 is 11.8 Å². The van der Waals surface area contributed by atoms with Crippen molar-refractivity contribution in [3.63, 3.8) is 0 Å². The zero-order chi connectivity index (χ0) is 23.9. The molecular weight excluding hydrogens is 500 g/mol. The summed E-state index contributed by atoms with van der Waals surface area (Å²) in [6.45, 7) is 6.93. The molecule has 0 aromatic heterocycles. The average Bonchev–Trinajstić information content (AvgIpc) is 2.90. The van der Waals surface area contributed by atoms with Crippen molar-refractivity contribution in [1.29, 1.82) is 0 Å². The molecule has 3 aromatic carbocycles. The Balaban J connectivity index is 1.41. The first kappa shape index (κ1) is 23.7. The molecular formula is C27H27GaN3O4. The van der Waals surface area contributed by atoms with Gasteiger partial charge in [-0.1, -0.05) is 0 Å². The normalized spacial score (nSPS) is 15.9. The Labute approximate surface area is 214 Å². The predicted octanol–water partition coefficient (Wildman–Crippen LogP) is 4.59. The maximum absolute atomic E-state index is 6.21. The zero-order valence-electron chi connectivity index (χ0n) is 19.7. The van der Waals surface area contributed by atoms with Crippen molar-refractivity contribution < 1.29 is 16.5 Å². The summed E-state index contributed by atoms with van der Waals surface area (Å²) in [6, 6.07) is 21.7. The van der Waals surface area contributed by atoms with Crippen LogP contribution in [-0.4, -0.2) is 74.4 Å². The van der Waals surface area contributed by atoms with E-state index in [1.807, 2.05) is 79.9 Å². The number of para-hydroxylation sites is 3. The van der Waals surface area contributed by atoms with Crippen LogP contribution in [-0.2, 0) is 4.74 Å². The van der Waals surface area contributed by atoms with Crippen LogP contribution in [0.15, 0.2) is 76.7 Å². The molecule has 8 heteroatoms. The van der Waals surface area contributed by atoms with E-state index in [2.05, 4.69) is 4.90 Å². The topological polar surface area (TPSA) is 64.9 Å². The minimum absolute atomic E-state index is 0.611. The molecule has 0 atom stereocenters. The van der Waals surface area contributed by atoms with Gasteiger partial charge in [-0.3, -0.25) is 0 Å². The van der Waals surface area contributed by atoms with Gasteiger partial charge in [0.1, 0.15) is 0 Å². The molecule has 2 aliphatic rings. The van der Waals surface area contributed by atoms with Gasteiger partial charge < -0.3 is 0 Å². The molecule has 7 nitrogen and oxygen atoms in total. The first-order valence-electron chi connectivity index (χ1n) is 11.8. The third-order valence-electron chi connectivity index (χ3n) is 5.90. The molecule has 1 fully saturated rings. The molecule has 0 aliphatic carbocycles. The van der Waals surface area contributed by atoms with Crippen LogP contribution in [0.2, 0.25) is 0 Å². The van der Waals surface area contributed by atoms with Crippen molar-refractivity contribution in [1.82, 2.24) is 4.90 Å². The van der Waals surface area contributed by atoms with Crippen molar-refractivity contribution in [3.05, 3.63) is 77.9 Å². The third kappa shape index (κ3) is 6.15. The van der Waals surface area contributed by atoms with Crippen LogP contribution in [0, 0.1) is 0 Å². The van der Waals surface area contributed by atoms with E-state index >= 15 is 0 Å². The summed E-state index contributed by atoms with van der Waals surface area (Å²) in [6.07, 6.45) is 1.82. The van der Waals surface area contributed by atoms with Gasteiger partial charge in [0.15, 0.2) is 0 Å². The van der Waals surface area contributed by atoms with Gasteiger partial charge in [-0.25, -0.2) is 0 Å². The number of rotatable bonds is 4. The average molecular weight is 527 g/mol. The second-order valence-corrected chi connectivity index (χ2v) is 9.67. The molecule has 5 rings (SSSR count). The molecule has 0 amide bonds. The second kappa shape index (κ2) is 11.6. The number of hydrogen-bond acceptors (Lipinski definition) is 7. The molecule has 0 unspecified atom stereocenters. The van der Waals surface area contributed by atoms with E-state index in [9.17, 15) is 0 Å². The monoisotopic (exact) mass is 526 g/mol. The molecule has 1 radical (unpaired) electrons. The van der Waals surface area contributed by atoms with E-state index in [1.165, 1.54) is 0 Å². The minimum atomic E-state index is -1.55. The fourth-order valence-electron chi connectivity index (χ4n) is 3.97. The van der Waals surface area contributed by atoms with Crippen molar-refractivity contribution in [2.45, 2.75) is 6.92 Å². The Hall–Kier alpha value is -3.04. The zero-order valence-corrected chi connectivity index (χ0v) is 22.1. The summed E-state index contributed by atoms with van der Waals surface area (Å²) >= 11 is -1.55. The van der Waals surface area contributed by atoms with Crippen molar-refractivity contribution in [2.24, 2.45) is 9.98 Å². The quantitative estimate of drug-likeness (QED) is 0.465. The summed E-state index contributed by atoms with van der Waals surface area (Å²) in [7, 11) is 0. The van der Waals surface area contributed by atoms with E-state index in [0.717, 1.165) is 72.6 Å². The number of benzene rings is 3. The first-order valence-corrected chi connectivity index (χ1v) is 13.7. The molecule has 177 valence electrons. The molecule has 0 N–H and O–H groups in total. The van der Waals surface area contributed by atoms with E-state index < -0.39 is 18.1 Å². The van der Waals surface area contributed by atoms with Crippen LogP contribution in [0.1, 0.15) is 18.1 Å². The Bertz CT molecular complexity index is 1220. The fourth-order valence-corrected chi connectivity index (χ4v) is 5.37. The van der Waals surface area contributed by atoms with Gasteiger partial charge in [-0.2, -0.15) is 0 Å². The van der Waals surface area contributed by atoms with Crippen LogP contribution in [0.3, 0.4) is 0 Å². The predicted molar refractivity (Wildman–Crippen MR) is 138 cm³/mol. The van der Waals surface area contributed by atoms with Crippen molar-refractivity contribution in [2.75, 3.05) is 39.5 Å². The van der Waals surface area contributed by atoms with E-state index in [-0.39, 0.29) is 0 Å². The van der Waals surface area contributed by atoms with Gasteiger partial charge in [0.25, 0.3) is 0 Å².